The van der Waals surface area contributed by atoms with Crippen LogP contribution in [0.5, 0.6) is 0 Å². The number of hydrogen-bond donors (Lipinski definition) is 1. The molecular weight excluding hydrogens is 285 g/mol. The molecule has 0 bridgehead atoms. The molecule has 0 amide bonds. The highest BCUT2D eigenvalue weighted by Gasteiger charge is 2.31. The number of aliphatic imine (C=N–C) groups is 1. The predicted molar refractivity (Wildman–Crippen MR) is 78.4 cm³/mol. The summed E-state index contributed by atoms with van der Waals surface area (Å²) < 4.78 is 38.2. The fraction of sp³-hybridized carbons (Fsp3) is 0.500. The lowest BCUT2D eigenvalue weighted by molar-refractivity contribution is -0.137. The molecule has 1 N–H and O–H groups in total. The zero-order chi connectivity index (χ0) is 15.0. The van der Waals surface area contributed by atoms with E-state index in [0.717, 1.165) is 29.9 Å². The number of anilines is 1. The van der Waals surface area contributed by atoms with Crippen molar-refractivity contribution in [2.45, 2.75) is 38.9 Å². The molecule has 0 saturated carbocycles. The van der Waals surface area contributed by atoms with Gasteiger partial charge in [-0.2, -0.15) is 13.2 Å². The van der Waals surface area contributed by atoms with Crippen LogP contribution in [0.3, 0.4) is 0 Å². The van der Waals surface area contributed by atoms with Gasteiger partial charge < -0.3 is 5.32 Å². The van der Waals surface area contributed by atoms with Crippen molar-refractivity contribution in [1.29, 1.82) is 0 Å². The van der Waals surface area contributed by atoms with Gasteiger partial charge >= 0.3 is 6.18 Å². The first-order valence-electron chi connectivity index (χ1n) is 6.35. The normalized spacial score (nSPS) is 18.6. The summed E-state index contributed by atoms with van der Waals surface area (Å²) in [6.07, 6.45) is -3.37. The monoisotopic (exact) mass is 302 g/mol. The number of nitrogens with zero attached hydrogens (tertiary/aromatic N) is 1. The van der Waals surface area contributed by atoms with E-state index in [9.17, 15) is 13.2 Å². The first-order chi connectivity index (χ1) is 9.17. The highest BCUT2D eigenvalue weighted by Crippen LogP contribution is 2.33. The Hall–Kier alpha value is -1.17. The van der Waals surface area contributed by atoms with E-state index < -0.39 is 11.7 Å². The zero-order valence-electron chi connectivity index (χ0n) is 11.6. The molecule has 0 radical (unpaired) electrons. The molecule has 1 aliphatic heterocycles. The molecule has 2 rings (SSSR count). The Kier molecular flexibility index (Phi) is 4.04. The van der Waals surface area contributed by atoms with Crippen molar-refractivity contribution in [3.8, 4) is 0 Å². The van der Waals surface area contributed by atoms with Crippen LogP contribution in [0.2, 0.25) is 0 Å². The summed E-state index contributed by atoms with van der Waals surface area (Å²) in [5, 5.41) is 3.71. The largest absolute Gasteiger partial charge is 0.416 e. The second-order valence-electron chi connectivity index (χ2n) is 5.48. The van der Waals surface area contributed by atoms with Crippen molar-refractivity contribution in [3.05, 3.63) is 29.3 Å². The number of aryl methyl sites for hydroxylation is 1. The SMILES string of the molecule is Cc1ccc(C(F)(F)F)cc1NC1=NC(C)(C)CCS1. The maximum Gasteiger partial charge on any atom is 0.416 e. The average Bonchev–Trinajstić information content (AvgIpc) is 2.29. The smallest absolute Gasteiger partial charge is 0.335 e. The molecule has 1 heterocycles. The minimum absolute atomic E-state index is 0.164. The summed E-state index contributed by atoms with van der Waals surface area (Å²) in [6, 6.07) is 3.71. The summed E-state index contributed by atoms with van der Waals surface area (Å²) in [5.41, 5.74) is 0.420. The highest BCUT2D eigenvalue weighted by atomic mass is 32.2. The van der Waals surface area contributed by atoms with E-state index in [4.69, 9.17) is 0 Å². The second-order valence-corrected chi connectivity index (χ2v) is 6.56. The quantitative estimate of drug-likeness (QED) is 0.813. The lowest BCUT2D eigenvalue weighted by Gasteiger charge is -2.26. The van der Waals surface area contributed by atoms with E-state index >= 15 is 0 Å². The fourth-order valence-electron chi connectivity index (χ4n) is 1.87. The van der Waals surface area contributed by atoms with E-state index in [2.05, 4.69) is 10.3 Å². The standard InChI is InChI=1S/C14H17F3N2S/c1-9-4-5-10(14(15,16)17)8-11(9)18-12-19-13(2,3)6-7-20-12/h4-5,8H,6-7H2,1-3H3,(H,18,19). The number of halogens is 3. The highest BCUT2D eigenvalue weighted by molar-refractivity contribution is 8.14. The summed E-state index contributed by atoms with van der Waals surface area (Å²) in [4.78, 5) is 4.53. The predicted octanol–water partition coefficient (Wildman–Crippen LogP) is 4.70. The molecule has 0 spiro atoms. The lowest BCUT2D eigenvalue weighted by Crippen LogP contribution is -2.27. The number of amidine groups is 1. The average molecular weight is 302 g/mol. The number of nitrogens with one attached hydrogen (secondary N) is 1. The number of rotatable bonds is 1. The fourth-order valence-corrected chi connectivity index (χ4v) is 3.16. The summed E-state index contributed by atoms with van der Waals surface area (Å²) in [7, 11) is 0. The van der Waals surface area contributed by atoms with Gasteiger partial charge in [0.05, 0.1) is 11.1 Å². The Labute approximate surface area is 120 Å². The van der Waals surface area contributed by atoms with Crippen LogP contribution in [-0.2, 0) is 6.18 Å². The van der Waals surface area contributed by atoms with Gasteiger partial charge in [0.25, 0.3) is 0 Å². The molecule has 110 valence electrons. The molecule has 0 unspecified atom stereocenters. The third-order valence-corrected chi connectivity index (χ3v) is 4.04. The van der Waals surface area contributed by atoms with Gasteiger partial charge in [-0.15, -0.1) is 0 Å². The maximum atomic E-state index is 12.7. The minimum Gasteiger partial charge on any atom is -0.335 e. The maximum absolute atomic E-state index is 12.7. The van der Waals surface area contributed by atoms with Crippen LogP contribution in [0.15, 0.2) is 23.2 Å². The molecule has 0 atom stereocenters. The zero-order valence-corrected chi connectivity index (χ0v) is 12.5. The Balaban J connectivity index is 2.27. The molecule has 0 aromatic heterocycles. The summed E-state index contributed by atoms with van der Waals surface area (Å²) in [5.74, 6) is 0.914. The Morgan fingerprint density at radius 3 is 2.60 bits per heavy atom. The Morgan fingerprint density at radius 2 is 2.00 bits per heavy atom. The second kappa shape index (κ2) is 5.31. The molecule has 20 heavy (non-hydrogen) atoms. The van der Waals surface area contributed by atoms with Gasteiger partial charge in [-0.1, -0.05) is 17.8 Å². The molecule has 0 saturated heterocycles. The van der Waals surface area contributed by atoms with Crippen molar-refractivity contribution < 1.29 is 13.2 Å². The van der Waals surface area contributed by atoms with E-state index in [0.29, 0.717) is 10.9 Å². The van der Waals surface area contributed by atoms with Crippen molar-refractivity contribution in [2.75, 3.05) is 11.1 Å². The van der Waals surface area contributed by atoms with Crippen LogP contribution in [0, 0.1) is 6.92 Å². The molecule has 1 aromatic rings. The number of hydrogen-bond acceptors (Lipinski definition) is 3. The third kappa shape index (κ3) is 3.69. The van der Waals surface area contributed by atoms with Crippen LogP contribution < -0.4 is 5.32 Å². The topological polar surface area (TPSA) is 24.4 Å². The van der Waals surface area contributed by atoms with Crippen LogP contribution in [-0.4, -0.2) is 16.5 Å². The molecule has 2 nitrogen and oxygen atoms in total. The van der Waals surface area contributed by atoms with Crippen LogP contribution >= 0.6 is 11.8 Å². The van der Waals surface area contributed by atoms with Crippen LogP contribution in [0.4, 0.5) is 18.9 Å². The van der Waals surface area contributed by atoms with Crippen molar-refractivity contribution in [1.82, 2.24) is 0 Å². The molecular formula is C14H17F3N2S. The number of alkyl halides is 3. The Bertz CT molecular complexity index is 536. The van der Waals surface area contributed by atoms with Gasteiger partial charge in [0, 0.05) is 11.4 Å². The van der Waals surface area contributed by atoms with Crippen molar-refractivity contribution in [2.24, 2.45) is 4.99 Å². The van der Waals surface area contributed by atoms with E-state index in [1.165, 1.54) is 6.07 Å². The summed E-state index contributed by atoms with van der Waals surface area (Å²) >= 11 is 1.54. The van der Waals surface area contributed by atoms with Gasteiger partial charge in [-0.25, -0.2) is 0 Å². The molecule has 1 aromatic carbocycles. The number of thioether (sulfide) groups is 1. The molecule has 6 heteroatoms. The van der Waals surface area contributed by atoms with Crippen LogP contribution in [0.1, 0.15) is 31.4 Å². The lowest BCUT2D eigenvalue weighted by atomic mass is 10.0. The van der Waals surface area contributed by atoms with Gasteiger partial charge in [0.15, 0.2) is 5.17 Å². The van der Waals surface area contributed by atoms with Gasteiger partial charge in [-0.3, -0.25) is 4.99 Å². The molecule has 0 aliphatic carbocycles. The Morgan fingerprint density at radius 1 is 1.30 bits per heavy atom. The van der Waals surface area contributed by atoms with Crippen molar-refractivity contribution >= 4 is 22.6 Å². The summed E-state index contributed by atoms with van der Waals surface area (Å²) in [6.45, 7) is 5.82. The molecule has 1 aliphatic rings. The van der Waals surface area contributed by atoms with Gasteiger partial charge in [-0.05, 0) is 44.9 Å². The van der Waals surface area contributed by atoms with Gasteiger partial charge in [0.1, 0.15) is 0 Å². The molecule has 0 fully saturated rings. The van der Waals surface area contributed by atoms with E-state index in [-0.39, 0.29) is 5.54 Å². The van der Waals surface area contributed by atoms with E-state index in [1.807, 2.05) is 13.8 Å². The van der Waals surface area contributed by atoms with Gasteiger partial charge in [0.2, 0.25) is 0 Å². The number of benzene rings is 1. The third-order valence-electron chi connectivity index (χ3n) is 3.16. The minimum atomic E-state index is -4.33. The first kappa shape index (κ1) is 15.2. The first-order valence-corrected chi connectivity index (χ1v) is 7.33. The van der Waals surface area contributed by atoms with Crippen LogP contribution in [0.25, 0.3) is 0 Å². The van der Waals surface area contributed by atoms with E-state index in [1.54, 1.807) is 18.7 Å². The van der Waals surface area contributed by atoms with Crippen molar-refractivity contribution in [3.63, 3.8) is 0 Å².